The summed E-state index contributed by atoms with van der Waals surface area (Å²) in [5.41, 5.74) is 2.88. The van der Waals surface area contributed by atoms with Gasteiger partial charge in [0.25, 0.3) is 5.91 Å². The lowest BCUT2D eigenvalue weighted by Gasteiger charge is -2.16. The van der Waals surface area contributed by atoms with Gasteiger partial charge in [-0.3, -0.25) is 9.89 Å². The third kappa shape index (κ3) is 2.74. The van der Waals surface area contributed by atoms with E-state index in [4.69, 9.17) is 0 Å². The van der Waals surface area contributed by atoms with Gasteiger partial charge in [0.2, 0.25) is 0 Å². The first kappa shape index (κ1) is 12.3. The number of aryl methyl sites for hydroxylation is 2. The van der Waals surface area contributed by atoms with E-state index in [1.54, 1.807) is 11.9 Å². The van der Waals surface area contributed by atoms with Crippen molar-refractivity contribution in [2.24, 2.45) is 0 Å². The third-order valence-electron chi connectivity index (χ3n) is 2.67. The Morgan fingerprint density at radius 1 is 1.28 bits per heavy atom. The molecule has 2 aromatic rings. The van der Waals surface area contributed by atoms with E-state index in [1.165, 1.54) is 6.33 Å². The molecule has 0 aliphatic rings. The van der Waals surface area contributed by atoms with Crippen molar-refractivity contribution in [1.82, 2.24) is 20.1 Å². The summed E-state index contributed by atoms with van der Waals surface area (Å²) < 4.78 is 0. The number of carbonyl (C=O) groups excluding carboxylic acids is 1. The Hall–Kier alpha value is -2.17. The van der Waals surface area contributed by atoms with Crippen LogP contribution in [-0.4, -0.2) is 33.0 Å². The molecule has 18 heavy (non-hydrogen) atoms. The predicted octanol–water partition coefficient (Wildman–Crippen LogP) is 1.69. The molecule has 1 aromatic carbocycles. The van der Waals surface area contributed by atoms with Crippen LogP contribution in [0.3, 0.4) is 0 Å². The molecule has 2 rings (SSSR count). The molecule has 0 saturated heterocycles. The molecule has 0 unspecified atom stereocenters. The molecular weight excluding hydrogens is 228 g/mol. The van der Waals surface area contributed by atoms with Gasteiger partial charge in [0.15, 0.2) is 0 Å². The number of hydrogen-bond donors (Lipinski definition) is 1. The van der Waals surface area contributed by atoms with Gasteiger partial charge in [-0.2, -0.15) is 5.10 Å². The number of benzene rings is 1. The third-order valence-corrected chi connectivity index (χ3v) is 2.67. The number of rotatable bonds is 3. The van der Waals surface area contributed by atoms with Crippen molar-refractivity contribution in [3.05, 3.63) is 47.0 Å². The lowest BCUT2D eigenvalue weighted by atomic mass is 10.1. The molecule has 1 N–H and O–H groups in total. The Morgan fingerprint density at radius 2 is 1.94 bits per heavy atom. The Labute approximate surface area is 106 Å². The molecule has 0 fully saturated rings. The Kier molecular flexibility index (Phi) is 3.41. The van der Waals surface area contributed by atoms with E-state index in [2.05, 4.69) is 15.2 Å². The van der Waals surface area contributed by atoms with Gasteiger partial charge in [-0.15, -0.1) is 0 Å². The van der Waals surface area contributed by atoms with E-state index >= 15 is 0 Å². The van der Waals surface area contributed by atoms with Gasteiger partial charge in [0, 0.05) is 12.6 Å². The molecule has 0 atom stereocenters. The van der Waals surface area contributed by atoms with Crippen LogP contribution in [0.15, 0.2) is 24.5 Å². The van der Waals surface area contributed by atoms with Crippen molar-refractivity contribution in [2.75, 3.05) is 7.05 Å². The maximum Gasteiger partial charge on any atom is 0.254 e. The summed E-state index contributed by atoms with van der Waals surface area (Å²) in [6.07, 6.45) is 1.43. The lowest BCUT2D eigenvalue weighted by molar-refractivity contribution is 0.0781. The second kappa shape index (κ2) is 5.00. The standard InChI is InChI=1S/C13H16N4O/c1-9-4-10(2)6-11(5-9)13(18)17(3)7-12-14-8-15-16-12/h4-6,8H,7H2,1-3H3,(H,14,15,16). The molecule has 94 valence electrons. The molecule has 1 heterocycles. The van der Waals surface area contributed by atoms with E-state index in [-0.39, 0.29) is 5.91 Å². The molecular formula is C13H16N4O. The number of H-pyrrole nitrogens is 1. The van der Waals surface area contributed by atoms with Crippen molar-refractivity contribution in [2.45, 2.75) is 20.4 Å². The Balaban J connectivity index is 2.15. The van der Waals surface area contributed by atoms with Crippen LogP contribution in [0.25, 0.3) is 0 Å². The lowest BCUT2D eigenvalue weighted by Crippen LogP contribution is -2.26. The van der Waals surface area contributed by atoms with Gasteiger partial charge in [-0.1, -0.05) is 17.2 Å². The van der Waals surface area contributed by atoms with Gasteiger partial charge in [-0.25, -0.2) is 4.98 Å². The summed E-state index contributed by atoms with van der Waals surface area (Å²) in [6.45, 7) is 4.40. The van der Waals surface area contributed by atoms with Crippen LogP contribution in [0.5, 0.6) is 0 Å². The van der Waals surface area contributed by atoms with Crippen LogP contribution >= 0.6 is 0 Å². The molecule has 0 saturated carbocycles. The summed E-state index contributed by atoms with van der Waals surface area (Å²) in [6, 6.07) is 5.84. The number of aromatic amines is 1. The minimum Gasteiger partial charge on any atom is -0.334 e. The van der Waals surface area contributed by atoms with Crippen molar-refractivity contribution in [3.8, 4) is 0 Å². The number of nitrogens with zero attached hydrogens (tertiary/aromatic N) is 3. The molecule has 0 spiro atoms. The van der Waals surface area contributed by atoms with E-state index in [0.29, 0.717) is 17.9 Å². The summed E-state index contributed by atoms with van der Waals surface area (Å²) in [7, 11) is 1.75. The molecule has 0 bridgehead atoms. The number of nitrogens with one attached hydrogen (secondary N) is 1. The van der Waals surface area contributed by atoms with Crippen molar-refractivity contribution in [1.29, 1.82) is 0 Å². The predicted molar refractivity (Wildman–Crippen MR) is 68.1 cm³/mol. The average Bonchev–Trinajstić information content (AvgIpc) is 2.79. The topological polar surface area (TPSA) is 61.9 Å². The number of amides is 1. The molecule has 0 aliphatic carbocycles. The second-order valence-electron chi connectivity index (χ2n) is 4.47. The SMILES string of the molecule is Cc1cc(C)cc(C(=O)N(C)Cc2ncn[nH]2)c1. The van der Waals surface area contributed by atoms with Crippen LogP contribution in [0.2, 0.25) is 0 Å². The van der Waals surface area contributed by atoms with Crippen molar-refractivity contribution in [3.63, 3.8) is 0 Å². The zero-order chi connectivity index (χ0) is 13.1. The summed E-state index contributed by atoms with van der Waals surface area (Å²) in [5, 5.41) is 6.50. The van der Waals surface area contributed by atoms with Crippen LogP contribution < -0.4 is 0 Å². The van der Waals surface area contributed by atoms with E-state index < -0.39 is 0 Å². The molecule has 0 aliphatic heterocycles. The Morgan fingerprint density at radius 3 is 2.50 bits per heavy atom. The van der Waals surface area contributed by atoms with E-state index in [9.17, 15) is 4.79 Å². The van der Waals surface area contributed by atoms with Crippen LogP contribution in [-0.2, 0) is 6.54 Å². The summed E-state index contributed by atoms with van der Waals surface area (Å²) in [5.74, 6) is 0.661. The van der Waals surface area contributed by atoms with Crippen LogP contribution in [0.4, 0.5) is 0 Å². The second-order valence-corrected chi connectivity index (χ2v) is 4.47. The Bertz CT molecular complexity index is 528. The molecule has 1 aromatic heterocycles. The van der Waals surface area contributed by atoms with Crippen LogP contribution in [0.1, 0.15) is 27.3 Å². The fourth-order valence-corrected chi connectivity index (χ4v) is 1.92. The molecule has 5 heteroatoms. The minimum atomic E-state index is -0.0156. The average molecular weight is 244 g/mol. The zero-order valence-electron chi connectivity index (χ0n) is 10.8. The number of carbonyl (C=O) groups is 1. The minimum absolute atomic E-state index is 0.0156. The molecule has 1 amide bonds. The van der Waals surface area contributed by atoms with Gasteiger partial charge < -0.3 is 4.90 Å². The fourth-order valence-electron chi connectivity index (χ4n) is 1.92. The molecule has 5 nitrogen and oxygen atoms in total. The first-order chi connectivity index (χ1) is 8.56. The summed E-state index contributed by atoms with van der Waals surface area (Å²) in [4.78, 5) is 17.9. The highest BCUT2D eigenvalue weighted by molar-refractivity contribution is 5.94. The smallest absolute Gasteiger partial charge is 0.254 e. The number of hydrogen-bond acceptors (Lipinski definition) is 3. The van der Waals surface area contributed by atoms with Crippen molar-refractivity contribution < 1.29 is 4.79 Å². The van der Waals surface area contributed by atoms with E-state index in [0.717, 1.165) is 11.1 Å². The first-order valence-electron chi connectivity index (χ1n) is 5.74. The van der Waals surface area contributed by atoms with Gasteiger partial charge >= 0.3 is 0 Å². The zero-order valence-corrected chi connectivity index (χ0v) is 10.8. The first-order valence-corrected chi connectivity index (χ1v) is 5.74. The fraction of sp³-hybridized carbons (Fsp3) is 0.308. The normalized spacial score (nSPS) is 10.4. The largest absolute Gasteiger partial charge is 0.334 e. The number of aromatic nitrogens is 3. The molecule has 0 radical (unpaired) electrons. The van der Waals surface area contributed by atoms with Gasteiger partial charge in [-0.05, 0) is 26.0 Å². The van der Waals surface area contributed by atoms with Crippen molar-refractivity contribution >= 4 is 5.91 Å². The maximum absolute atomic E-state index is 12.2. The van der Waals surface area contributed by atoms with Gasteiger partial charge in [0.1, 0.15) is 12.2 Å². The monoisotopic (exact) mass is 244 g/mol. The highest BCUT2D eigenvalue weighted by Crippen LogP contribution is 2.11. The maximum atomic E-state index is 12.2. The highest BCUT2D eigenvalue weighted by atomic mass is 16.2. The quantitative estimate of drug-likeness (QED) is 0.893. The van der Waals surface area contributed by atoms with E-state index in [1.807, 2.05) is 32.0 Å². The highest BCUT2D eigenvalue weighted by Gasteiger charge is 2.13. The van der Waals surface area contributed by atoms with Crippen LogP contribution in [0, 0.1) is 13.8 Å². The summed E-state index contributed by atoms with van der Waals surface area (Å²) >= 11 is 0. The van der Waals surface area contributed by atoms with Gasteiger partial charge in [0.05, 0.1) is 6.54 Å².